The van der Waals surface area contributed by atoms with Crippen molar-refractivity contribution in [2.45, 2.75) is 6.92 Å². The van der Waals surface area contributed by atoms with E-state index in [1.807, 2.05) is 42.7 Å². The summed E-state index contributed by atoms with van der Waals surface area (Å²) in [5.41, 5.74) is 3.19. The summed E-state index contributed by atoms with van der Waals surface area (Å²) in [5.74, 6) is 0.468. The molecule has 25 heavy (non-hydrogen) atoms. The summed E-state index contributed by atoms with van der Waals surface area (Å²) in [6.45, 7) is 4.02. The van der Waals surface area contributed by atoms with Gasteiger partial charge in [-0.3, -0.25) is 9.79 Å². The number of fused-ring (bicyclic) bond motifs is 1. The van der Waals surface area contributed by atoms with Crippen LogP contribution in [0.5, 0.6) is 0 Å². The Labute approximate surface area is 150 Å². The predicted molar refractivity (Wildman–Crippen MR) is 99.2 cm³/mol. The lowest BCUT2D eigenvalue weighted by atomic mass is 10.2. The molecule has 0 fully saturated rings. The molecule has 0 aliphatic carbocycles. The topological polar surface area (TPSA) is 70.5 Å². The van der Waals surface area contributed by atoms with Gasteiger partial charge in [0.1, 0.15) is 0 Å². The molecule has 126 valence electrons. The van der Waals surface area contributed by atoms with Crippen LogP contribution in [0, 0.1) is 6.92 Å². The molecule has 0 saturated heterocycles. The number of amidine groups is 1. The molecule has 4 rings (SSSR count). The van der Waals surface area contributed by atoms with E-state index in [2.05, 4.69) is 25.2 Å². The van der Waals surface area contributed by atoms with Crippen molar-refractivity contribution in [2.75, 3.05) is 19.6 Å². The van der Waals surface area contributed by atoms with Crippen LogP contribution in [0.15, 0.2) is 52.6 Å². The lowest BCUT2D eigenvalue weighted by Crippen LogP contribution is -2.32. The highest BCUT2D eigenvalue weighted by molar-refractivity contribution is 8.16. The number of carbonyl (C=O) groups excluding carboxylic acids is 1. The molecule has 1 aromatic carbocycles. The maximum absolute atomic E-state index is 12.5. The van der Waals surface area contributed by atoms with E-state index in [9.17, 15) is 4.79 Å². The number of hydrogen-bond donors (Lipinski definition) is 1. The van der Waals surface area contributed by atoms with Crippen LogP contribution in [0.25, 0.3) is 11.4 Å². The maximum Gasteiger partial charge on any atom is 0.255 e. The largest absolute Gasteiger partial charge is 0.346 e. The van der Waals surface area contributed by atoms with E-state index in [4.69, 9.17) is 0 Å². The fraction of sp³-hybridized carbons (Fsp3) is 0.222. The van der Waals surface area contributed by atoms with Crippen molar-refractivity contribution in [2.24, 2.45) is 4.99 Å². The molecule has 6 nitrogen and oxygen atoms in total. The smallest absolute Gasteiger partial charge is 0.255 e. The third-order valence-corrected chi connectivity index (χ3v) is 5.08. The normalized spacial score (nSPS) is 15.6. The van der Waals surface area contributed by atoms with E-state index in [0.29, 0.717) is 23.6 Å². The molecule has 7 heteroatoms. The molecule has 2 aromatic rings. The van der Waals surface area contributed by atoms with Crippen LogP contribution in [-0.2, 0) is 0 Å². The van der Waals surface area contributed by atoms with Crippen LogP contribution in [0.1, 0.15) is 16.1 Å². The molecule has 0 radical (unpaired) electrons. The number of benzene rings is 1. The first-order valence-electron chi connectivity index (χ1n) is 8.07. The molecule has 0 bridgehead atoms. The number of amides is 1. The molecule has 0 atom stereocenters. The Morgan fingerprint density at radius 2 is 2.16 bits per heavy atom. The third-order valence-electron chi connectivity index (χ3n) is 4.13. The van der Waals surface area contributed by atoms with Gasteiger partial charge in [-0.1, -0.05) is 42.1 Å². The van der Waals surface area contributed by atoms with Gasteiger partial charge in [0, 0.05) is 29.4 Å². The average molecular weight is 351 g/mol. The summed E-state index contributed by atoms with van der Waals surface area (Å²) in [6.07, 6.45) is 1.60. The zero-order valence-electron chi connectivity index (χ0n) is 13.8. The van der Waals surface area contributed by atoms with Crippen molar-refractivity contribution in [3.8, 4) is 11.4 Å². The maximum atomic E-state index is 12.5. The van der Waals surface area contributed by atoms with Gasteiger partial charge in [-0.2, -0.15) is 0 Å². The summed E-state index contributed by atoms with van der Waals surface area (Å²) >= 11 is 1.61. The number of nitrogens with one attached hydrogen (secondary N) is 1. The molecule has 1 N–H and O–H groups in total. The Hall–Kier alpha value is -2.67. The minimum Gasteiger partial charge on any atom is -0.346 e. The van der Waals surface area contributed by atoms with Gasteiger partial charge in [-0.25, -0.2) is 9.97 Å². The number of hydrogen-bond acceptors (Lipinski definition) is 6. The second-order valence-corrected chi connectivity index (χ2v) is 6.62. The first-order valence-corrected chi connectivity index (χ1v) is 8.95. The lowest BCUT2D eigenvalue weighted by Gasteiger charge is -2.17. The zero-order valence-corrected chi connectivity index (χ0v) is 14.6. The number of aliphatic imine (C=N–C) groups is 1. The highest BCUT2D eigenvalue weighted by atomic mass is 32.2. The fourth-order valence-electron chi connectivity index (χ4n) is 2.80. The molecular weight excluding hydrogens is 334 g/mol. The van der Waals surface area contributed by atoms with Crippen LogP contribution in [0.4, 0.5) is 0 Å². The van der Waals surface area contributed by atoms with Gasteiger partial charge < -0.3 is 10.2 Å². The van der Waals surface area contributed by atoms with E-state index < -0.39 is 0 Å². The van der Waals surface area contributed by atoms with Crippen LogP contribution < -0.4 is 5.32 Å². The minimum atomic E-state index is -0.160. The predicted octanol–water partition coefficient (Wildman–Crippen LogP) is 2.44. The van der Waals surface area contributed by atoms with Crippen molar-refractivity contribution >= 4 is 22.8 Å². The second-order valence-electron chi connectivity index (χ2n) is 5.78. The number of rotatable bonds is 4. The van der Waals surface area contributed by atoms with Gasteiger partial charge in [0.25, 0.3) is 5.91 Å². The minimum absolute atomic E-state index is 0.160. The molecule has 0 saturated carbocycles. The number of aromatic nitrogens is 2. The van der Waals surface area contributed by atoms with Crippen LogP contribution >= 0.6 is 11.8 Å². The molecule has 0 unspecified atom stereocenters. The molecule has 2 aliphatic rings. The van der Waals surface area contributed by atoms with Crippen molar-refractivity contribution in [1.29, 1.82) is 0 Å². The van der Waals surface area contributed by atoms with E-state index in [0.717, 1.165) is 29.5 Å². The highest BCUT2D eigenvalue weighted by Gasteiger charge is 2.26. The van der Waals surface area contributed by atoms with Gasteiger partial charge in [0.15, 0.2) is 11.0 Å². The van der Waals surface area contributed by atoms with Crippen molar-refractivity contribution < 1.29 is 4.79 Å². The molecule has 0 spiro atoms. The average Bonchev–Trinajstić information content (AvgIpc) is 3.24. The van der Waals surface area contributed by atoms with Crippen molar-refractivity contribution in [3.63, 3.8) is 0 Å². The monoisotopic (exact) mass is 351 g/mol. The summed E-state index contributed by atoms with van der Waals surface area (Å²) in [7, 11) is 0. The van der Waals surface area contributed by atoms with E-state index in [1.165, 1.54) is 0 Å². The van der Waals surface area contributed by atoms with Crippen molar-refractivity contribution in [3.05, 3.63) is 58.9 Å². The number of nitrogens with zero attached hydrogens (tertiary/aromatic N) is 4. The fourth-order valence-corrected chi connectivity index (χ4v) is 3.75. The molecule has 3 heterocycles. The van der Waals surface area contributed by atoms with E-state index in [-0.39, 0.29) is 5.91 Å². The van der Waals surface area contributed by atoms with Crippen LogP contribution in [-0.4, -0.2) is 45.6 Å². The van der Waals surface area contributed by atoms with E-state index in [1.54, 1.807) is 18.0 Å². The van der Waals surface area contributed by atoms with Gasteiger partial charge in [0.05, 0.1) is 24.3 Å². The van der Waals surface area contributed by atoms with Gasteiger partial charge in [-0.15, -0.1) is 0 Å². The standard InChI is InChI=1S/C18H17N5OS/c1-12-15(10-20-16(22-12)13-5-3-2-4-6-13)17(24)21-9-14-11-25-18-19-7-8-23(14)18/h2-6,10-11H,7-9H2,1H3,(H,21,24). The first kappa shape index (κ1) is 15.8. The second kappa shape index (κ2) is 6.68. The SMILES string of the molecule is Cc1nc(-c2ccccc2)ncc1C(=O)NCC1=CSC2=NCCN12. The summed E-state index contributed by atoms with van der Waals surface area (Å²) in [5, 5.41) is 6.02. The Balaban J connectivity index is 1.45. The quantitative estimate of drug-likeness (QED) is 0.916. The Bertz CT molecular complexity index is 878. The summed E-state index contributed by atoms with van der Waals surface area (Å²) in [4.78, 5) is 27.9. The van der Waals surface area contributed by atoms with Gasteiger partial charge in [-0.05, 0) is 6.92 Å². The van der Waals surface area contributed by atoms with Gasteiger partial charge >= 0.3 is 0 Å². The number of carbonyl (C=O) groups is 1. The Morgan fingerprint density at radius 3 is 2.96 bits per heavy atom. The Kier molecular flexibility index (Phi) is 4.23. The lowest BCUT2D eigenvalue weighted by molar-refractivity contribution is 0.0954. The number of aryl methyl sites for hydroxylation is 1. The van der Waals surface area contributed by atoms with Gasteiger partial charge in [0.2, 0.25) is 0 Å². The zero-order chi connectivity index (χ0) is 17.2. The van der Waals surface area contributed by atoms with Crippen LogP contribution in [0.2, 0.25) is 0 Å². The highest BCUT2D eigenvalue weighted by Crippen LogP contribution is 2.28. The molecule has 2 aliphatic heterocycles. The third kappa shape index (κ3) is 3.15. The molecular formula is C18H17N5OS. The number of thioether (sulfide) groups is 1. The van der Waals surface area contributed by atoms with Crippen LogP contribution in [0.3, 0.4) is 0 Å². The van der Waals surface area contributed by atoms with Crippen molar-refractivity contribution in [1.82, 2.24) is 20.2 Å². The van der Waals surface area contributed by atoms with E-state index >= 15 is 0 Å². The first-order chi connectivity index (χ1) is 12.2. The Morgan fingerprint density at radius 1 is 1.32 bits per heavy atom. The molecule has 1 aromatic heterocycles. The summed E-state index contributed by atoms with van der Waals surface area (Å²) < 4.78 is 0. The summed E-state index contributed by atoms with van der Waals surface area (Å²) in [6, 6.07) is 9.74. The molecule has 1 amide bonds.